The first-order chi connectivity index (χ1) is 16.8. The van der Waals surface area contributed by atoms with Crippen LogP contribution in [0.5, 0.6) is 5.75 Å². The fraction of sp³-hybridized carbons (Fsp3) is 0.296. The number of rotatable bonds is 9. The van der Waals surface area contributed by atoms with Crippen molar-refractivity contribution in [3.8, 4) is 5.75 Å². The van der Waals surface area contributed by atoms with E-state index < -0.39 is 5.91 Å². The van der Waals surface area contributed by atoms with Gasteiger partial charge in [0.25, 0.3) is 5.91 Å². The van der Waals surface area contributed by atoms with E-state index in [4.69, 9.17) is 4.74 Å². The van der Waals surface area contributed by atoms with Crippen LogP contribution in [0, 0.1) is 0 Å². The molecule has 35 heavy (non-hydrogen) atoms. The zero-order valence-electron chi connectivity index (χ0n) is 20.6. The lowest BCUT2D eigenvalue weighted by molar-refractivity contribution is 0.0930. The summed E-state index contributed by atoms with van der Waals surface area (Å²) in [5, 5.41) is 7.58. The fourth-order valence-corrected chi connectivity index (χ4v) is 4.16. The number of aryl methyl sites for hydroxylation is 2. The summed E-state index contributed by atoms with van der Waals surface area (Å²) < 4.78 is 9.63. The average molecular weight is 474 g/mol. The van der Waals surface area contributed by atoms with E-state index in [2.05, 4.69) is 28.4 Å². The van der Waals surface area contributed by atoms with Gasteiger partial charge in [-0.2, -0.15) is 5.10 Å². The number of carbonyl (C=O) groups is 1. The van der Waals surface area contributed by atoms with Gasteiger partial charge in [-0.05, 0) is 43.8 Å². The Morgan fingerprint density at radius 3 is 2.63 bits per heavy atom. The Morgan fingerprint density at radius 1 is 1.09 bits per heavy atom. The molecular weight excluding hydrogens is 442 g/mol. The summed E-state index contributed by atoms with van der Waals surface area (Å²) in [7, 11) is 5.80. The molecule has 0 saturated heterocycles. The second kappa shape index (κ2) is 10.6. The van der Waals surface area contributed by atoms with Gasteiger partial charge in [-0.25, -0.2) is 0 Å². The molecule has 0 bridgehead atoms. The molecule has 2 aromatic carbocycles. The number of hydrogen-bond acceptors (Lipinski definition) is 5. The van der Waals surface area contributed by atoms with Crippen LogP contribution >= 0.6 is 0 Å². The molecular formula is C27H31N5O3. The maximum atomic E-state index is 12.8. The van der Waals surface area contributed by atoms with E-state index in [1.807, 2.05) is 63.7 Å². The summed E-state index contributed by atoms with van der Waals surface area (Å²) in [6, 6.07) is 15.2. The Balaban J connectivity index is 1.34. The van der Waals surface area contributed by atoms with Gasteiger partial charge < -0.3 is 14.6 Å². The van der Waals surface area contributed by atoms with E-state index in [-0.39, 0.29) is 23.6 Å². The number of carbonyl (C=O) groups excluding carboxylic acids is 1. The lowest BCUT2D eigenvalue weighted by Crippen LogP contribution is -2.36. The van der Waals surface area contributed by atoms with Crippen LogP contribution in [0.4, 0.5) is 0 Å². The molecule has 8 heteroatoms. The number of benzene rings is 2. The largest absolute Gasteiger partial charge is 0.489 e. The van der Waals surface area contributed by atoms with Crippen molar-refractivity contribution in [1.29, 1.82) is 0 Å². The van der Waals surface area contributed by atoms with E-state index in [1.54, 1.807) is 27.6 Å². The maximum Gasteiger partial charge on any atom is 0.256 e. The van der Waals surface area contributed by atoms with Crippen LogP contribution in [0.3, 0.4) is 0 Å². The van der Waals surface area contributed by atoms with Crippen LogP contribution in [-0.2, 0) is 27.2 Å². The molecule has 1 amide bonds. The quantitative estimate of drug-likeness (QED) is 0.404. The first-order valence-electron chi connectivity index (χ1n) is 11.6. The molecule has 2 aromatic heterocycles. The first-order valence-corrected chi connectivity index (χ1v) is 11.6. The van der Waals surface area contributed by atoms with E-state index in [1.165, 1.54) is 0 Å². The van der Waals surface area contributed by atoms with Gasteiger partial charge in [-0.15, -0.1) is 0 Å². The van der Waals surface area contributed by atoms with E-state index in [9.17, 15) is 9.59 Å². The minimum absolute atomic E-state index is 0.122. The Kier molecular flexibility index (Phi) is 7.31. The highest BCUT2D eigenvalue weighted by Gasteiger charge is 2.15. The summed E-state index contributed by atoms with van der Waals surface area (Å²) in [6.45, 7) is 3.73. The Bertz CT molecular complexity index is 1390. The van der Waals surface area contributed by atoms with Crippen molar-refractivity contribution < 1.29 is 9.53 Å². The monoisotopic (exact) mass is 473 g/mol. The highest BCUT2D eigenvalue weighted by molar-refractivity contribution is 5.97. The summed E-state index contributed by atoms with van der Waals surface area (Å²) in [4.78, 5) is 27.8. The summed E-state index contributed by atoms with van der Waals surface area (Å²) >= 11 is 0. The van der Waals surface area contributed by atoms with Gasteiger partial charge in [0.1, 0.15) is 17.4 Å². The standard InChI is InChI=1S/C27H31N5O3/c1-19(13-28-27(34)24-18-31(3)25-11-6-5-10-23(25)26(24)33)35-22-9-7-8-20(12-22)15-30(2)16-21-14-29-32(4)17-21/h5-12,14,17-19H,13,15-16H2,1-4H3,(H,28,34)/t19-/m0/s1. The van der Waals surface area contributed by atoms with Crippen molar-refractivity contribution in [2.45, 2.75) is 26.1 Å². The first kappa shape index (κ1) is 24.2. The van der Waals surface area contributed by atoms with Gasteiger partial charge in [-0.3, -0.25) is 19.2 Å². The molecule has 0 spiro atoms. The number of amides is 1. The number of aromatic nitrogens is 3. The van der Waals surface area contributed by atoms with Gasteiger partial charge >= 0.3 is 0 Å². The van der Waals surface area contributed by atoms with E-state index >= 15 is 0 Å². The zero-order valence-corrected chi connectivity index (χ0v) is 20.6. The molecule has 0 aliphatic rings. The number of para-hydroxylation sites is 1. The maximum absolute atomic E-state index is 12.8. The van der Waals surface area contributed by atoms with E-state index in [0.29, 0.717) is 5.39 Å². The van der Waals surface area contributed by atoms with Crippen molar-refractivity contribution in [1.82, 2.24) is 24.6 Å². The Morgan fingerprint density at radius 2 is 1.86 bits per heavy atom. The van der Waals surface area contributed by atoms with Gasteiger partial charge in [0, 0.05) is 50.5 Å². The van der Waals surface area contributed by atoms with E-state index in [0.717, 1.165) is 35.5 Å². The molecule has 8 nitrogen and oxygen atoms in total. The number of hydrogen-bond donors (Lipinski definition) is 1. The molecule has 1 N–H and O–H groups in total. The van der Waals surface area contributed by atoms with Crippen molar-refractivity contribution in [3.63, 3.8) is 0 Å². The van der Waals surface area contributed by atoms with Gasteiger partial charge in [0.05, 0.1) is 18.3 Å². The SMILES string of the molecule is C[C@@H](CNC(=O)c1cn(C)c2ccccc2c1=O)Oc1cccc(CN(C)Cc2cnn(C)c2)c1. The molecule has 0 aliphatic heterocycles. The minimum atomic E-state index is -0.405. The second-order valence-electron chi connectivity index (χ2n) is 8.98. The van der Waals surface area contributed by atoms with Crippen molar-refractivity contribution in [3.05, 3.63) is 94.0 Å². The summed E-state index contributed by atoms with van der Waals surface area (Å²) in [5.74, 6) is 0.332. The van der Waals surface area contributed by atoms with Crippen LogP contribution in [0.25, 0.3) is 10.9 Å². The molecule has 182 valence electrons. The van der Waals surface area contributed by atoms with Crippen molar-refractivity contribution in [2.24, 2.45) is 14.1 Å². The third-order valence-electron chi connectivity index (χ3n) is 5.79. The van der Waals surface area contributed by atoms with Crippen molar-refractivity contribution in [2.75, 3.05) is 13.6 Å². The van der Waals surface area contributed by atoms with Crippen molar-refractivity contribution >= 4 is 16.8 Å². The Labute approximate surface area is 204 Å². The van der Waals surface area contributed by atoms with Crippen LogP contribution in [0.15, 0.2) is 71.9 Å². The van der Waals surface area contributed by atoms with Gasteiger partial charge in [0.15, 0.2) is 0 Å². The number of nitrogens with one attached hydrogen (secondary N) is 1. The minimum Gasteiger partial charge on any atom is -0.489 e. The molecule has 0 unspecified atom stereocenters. The van der Waals surface area contributed by atoms with Crippen LogP contribution in [0.2, 0.25) is 0 Å². The van der Waals surface area contributed by atoms with Gasteiger partial charge in [-0.1, -0.05) is 24.3 Å². The second-order valence-corrected chi connectivity index (χ2v) is 8.98. The number of pyridine rings is 1. The van der Waals surface area contributed by atoms with Crippen LogP contribution in [0.1, 0.15) is 28.4 Å². The molecule has 2 heterocycles. The third kappa shape index (κ3) is 5.96. The third-order valence-corrected chi connectivity index (χ3v) is 5.79. The molecule has 4 aromatic rings. The molecule has 0 aliphatic carbocycles. The normalized spacial score (nSPS) is 12.1. The zero-order chi connectivity index (χ0) is 24.9. The molecule has 4 rings (SSSR count). The van der Waals surface area contributed by atoms with Crippen LogP contribution in [-0.4, -0.2) is 44.9 Å². The highest BCUT2D eigenvalue weighted by Crippen LogP contribution is 2.17. The average Bonchev–Trinajstić information content (AvgIpc) is 3.24. The Hall–Kier alpha value is -3.91. The number of fused-ring (bicyclic) bond motifs is 1. The van der Waals surface area contributed by atoms with Crippen LogP contribution < -0.4 is 15.5 Å². The summed E-state index contributed by atoms with van der Waals surface area (Å²) in [5.41, 5.74) is 2.93. The van der Waals surface area contributed by atoms with Gasteiger partial charge in [0.2, 0.25) is 5.43 Å². The highest BCUT2D eigenvalue weighted by atomic mass is 16.5. The predicted octanol–water partition coefficient (Wildman–Crippen LogP) is 3.10. The number of nitrogens with zero attached hydrogens (tertiary/aromatic N) is 4. The smallest absolute Gasteiger partial charge is 0.256 e. The molecule has 1 atom stereocenters. The lowest BCUT2D eigenvalue weighted by Gasteiger charge is -2.18. The molecule has 0 saturated carbocycles. The molecule has 0 fully saturated rings. The fourth-order valence-electron chi connectivity index (χ4n) is 4.16. The molecule has 0 radical (unpaired) electrons. The predicted molar refractivity (Wildman–Crippen MR) is 136 cm³/mol. The number of ether oxygens (including phenoxy) is 1. The lowest BCUT2D eigenvalue weighted by atomic mass is 10.1. The topological polar surface area (TPSA) is 81.4 Å². The summed E-state index contributed by atoms with van der Waals surface area (Å²) in [6.07, 6.45) is 5.20.